The summed E-state index contributed by atoms with van der Waals surface area (Å²) in [6.07, 6.45) is 1.30. The lowest BCUT2D eigenvalue weighted by atomic mass is 9.82. The van der Waals surface area contributed by atoms with Crippen LogP contribution in [0.1, 0.15) is 35.7 Å². The molecule has 0 unspecified atom stereocenters. The van der Waals surface area contributed by atoms with Crippen molar-refractivity contribution in [3.63, 3.8) is 0 Å². The van der Waals surface area contributed by atoms with Crippen LogP contribution in [0, 0.1) is 0 Å². The van der Waals surface area contributed by atoms with Crippen molar-refractivity contribution in [2.24, 2.45) is 0 Å². The van der Waals surface area contributed by atoms with Crippen LogP contribution >= 0.6 is 22.6 Å². The fourth-order valence-corrected chi connectivity index (χ4v) is 2.47. The number of alkyl halides is 1. The molecule has 0 bridgehead atoms. The summed E-state index contributed by atoms with van der Waals surface area (Å²) in [5.41, 5.74) is -0.560. The van der Waals surface area contributed by atoms with Crippen LogP contribution < -0.4 is 0 Å². The molecule has 1 aromatic rings. The van der Waals surface area contributed by atoms with Crippen LogP contribution in [0.2, 0.25) is 0 Å². The number of rotatable bonds is 7. The molecule has 22 heavy (non-hydrogen) atoms. The van der Waals surface area contributed by atoms with Crippen LogP contribution in [0.5, 0.6) is 0 Å². The lowest BCUT2D eigenvalue weighted by Gasteiger charge is -2.24. The SMILES string of the molecule is COC(=O)C(C)(C(=O)OC)c1ccc(C(=O)CCCI)cc1. The minimum absolute atomic E-state index is 0.0426. The molecule has 0 saturated carbocycles. The van der Waals surface area contributed by atoms with Gasteiger partial charge in [-0.1, -0.05) is 46.9 Å². The van der Waals surface area contributed by atoms with Gasteiger partial charge in [0.05, 0.1) is 14.2 Å². The molecule has 0 heterocycles. The number of halogens is 1. The first-order valence-electron chi connectivity index (χ1n) is 6.78. The zero-order valence-electron chi connectivity index (χ0n) is 12.8. The lowest BCUT2D eigenvalue weighted by Crippen LogP contribution is -2.42. The van der Waals surface area contributed by atoms with Gasteiger partial charge in [0.25, 0.3) is 0 Å². The molecule has 0 atom stereocenters. The smallest absolute Gasteiger partial charge is 0.327 e. The standard InChI is InChI=1S/C16H19IO5/c1-16(14(19)21-2,15(20)22-3)12-8-6-11(7-9-12)13(18)5-4-10-17/h6-9H,4-5,10H2,1-3H3. The number of benzene rings is 1. The normalized spacial score (nSPS) is 10.9. The highest BCUT2D eigenvalue weighted by atomic mass is 127. The lowest BCUT2D eigenvalue weighted by molar-refractivity contribution is -0.160. The highest BCUT2D eigenvalue weighted by Crippen LogP contribution is 2.27. The predicted octanol–water partition coefficient (Wildman–Crippen LogP) is 2.69. The van der Waals surface area contributed by atoms with E-state index in [0.717, 1.165) is 10.8 Å². The summed E-state index contributed by atoms with van der Waals surface area (Å²) in [4.78, 5) is 36.0. The number of methoxy groups -OCH3 is 2. The maximum atomic E-state index is 12.0. The van der Waals surface area contributed by atoms with Crippen LogP contribution in [0.15, 0.2) is 24.3 Å². The molecular weight excluding hydrogens is 399 g/mol. The van der Waals surface area contributed by atoms with Crippen molar-refractivity contribution in [1.82, 2.24) is 0 Å². The van der Waals surface area contributed by atoms with Gasteiger partial charge < -0.3 is 9.47 Å². The third-order valence-corrected chi connectivity index (χ3v) is 4.27. The van der Waals surface area contributed by atoms with Gasteiger partial charge in [0.2, 0.25) is 0 Å². The van der Waals surface area contributed by atoms with Crippen molar-refractivity contribution in [1.29, 1.82) is 0 Å². The number of carbonyl (C=O) groups excluding carboxylic acids is 3. The molecule has 0 aliphatic rings. The molecule has 5 nitrogen and oxygen atoms in total. The van der Waals surface area contributed by atoms with Gasteiger partial charge in [0, 0.05) is 12.0 Å². The number of ether oxygens (including phenoxy) is 2. The fourth-order valence-electron chi connectivity index (χ4n) is 2.09. The maximum absolute atomic E-state index is 12.0. The minimum atomic E-state index is -1.55. The largest absolute Gasteiger partial charge is 0.468 e. The zero-order chi connectivity index (χ0) is 16.8. The maximum Gasteiger partial charge on any atom is 0.327 e. The molecule has 0 spiro atoms. The molecule has 1 rings (SSSR count). The summed E-state index contributed by atoms with van der Waals surface area (Å²) < 4.78 is 10.4. The van der Waals surface area contributed by atoms with E-state index >= 15 is 0 Å². The van der Waals surface area contributed by atoms with Crippen LogP contribution in [-0.2, 0) is 24.5 Å². The Morgan fingerprint density at radius 3 is 1.95 bits per heavy atom. The first kappa shape index (κ1) is 18.6. The summed E-state index contributed by atoms with van der Waals surface area (Å²) in [6, 6.07) is 6.42. The number of hydrogen-bond donors (Lipinski definition) is 0. The van der Waals surface area contributed by atoms with Crippen LogP contribution in [-0.4, -0.2) is 36.4 Å². The molecule has 120 valence electrons. The van der Waals surface area contributed by atoms with Gasteiger partial charge in [-0.15, -0.1) is 0 Å². The van der Waals surface area contributed by atoms with E-state index in [9.17, 15) is 14.4 Å². The van der Waals surface area contributed by atoms with E-state index in [0.29, 0.717) is 17.5 Å². The Morgan fingerprint density at radius 2 is 1.55 bits per heavy atom. The molecule has 0 N–H and O–H groups in total. The third-order valence-electron chi connectivity index (χ3n) is 3.51. The summed E-state index contributed by atoms with van der Waals surface area (Å²) in [7, 11) is 2.43. The van der Waals surface area contributed by atoms with Gasteiger partial charge in [-0.25, -0.2) is 0 Å². The molecule has 0 fully saturated rings. The quantitative estimate of drug-likeness (QED) is 0.224. The van der Waals surface area contributed by atoms with Crippen molar-refractivity contribution in [3.05, 3.63) is 35.4 Å². The molecule has 0 aliphatic heterocycles. The van der Waals surface area contributed by atoms with Crippen molar-refractivity contribution in [3.8, 4) is 0 Å². The van der Waals surface area contributed by atoms with Crippen molar-refractivity contribution < 1.29 is 23.9 Å². The van der Waals surface area contributed by atoms with Crippen LogP contribution in [0.4, 0.5) is 0 Å². The molecule has 0 amide bonds. The average molecular weight is 418 g/mol. The van der Waals surface area contributed by atoms with Gasteiger partial charge in [-0.05, 0) is 23.3 Å². The van der Waals surface area contributed by atoms with Crippen LogP contribution in [0.25, 0.3) is 0 Å². The third kappa shape index (κ3) is 3.85. The monoisotopic (exact) mass is 418 g/mol. The molecule has 1 aromatic carbocycles. The number of hydrogen-bond acceptors (Lipinski definition) is 5. The minimum Gasteiger partial charge on any atom is -0.468 e. The van der Waals surface area contributed by atoms with Gasteiger partial charge in [0.15, 0.2) is 11.2 Å². The van der Waals surface area contributed by atoms with Crippen molar-refractivity contribution >= 4 is 40.3 Å². The van der Waals surface area contributed by atoms with E-state index in [1.165, 1.54) is 21.1 Å². The Kier molecular flexibility index (Phi) is 6.99. The van der Waals surface area contributed by atoms with E-state index in [1.54, 1.807) is 24.3 Å². The highest BCUT2D eigenvalue weighted by Gasteiger charge is 2.45. The Hall–Kier alpha value is -1.44. The Balaban J connectivity index is 3.11. The summed E-state index contributed by atoms with van der Waals surface area (Å²) >= 11 is 2.22. The van der Waals surface area contributed by atoms with E-state index in [4.69, 9.17) is 9.47 Å². The second-order valence-electron chi connectivity index (χ2n) is 4.90. The first-order chi connectivity index (χ1) is 10.4. The molecule has 6 heteroatoms. The Bertz CT molecular complexity index is 534. The Morgan fingerprint density at radius 1 is 1.05 bits per heavy atom. The molecule has 0 aliphatic carbocycles. The predicted molar refractivity (Wildman–Crippen MR) is 90.3 cm³/mol. The van der Waals surface area contributed by atoms with E-state index in [-0.39, 0.29) is 5.78 Å². The first-order valence-corrected chi connectivity index (χ1v) is 8.30. The highest BCUT2D eigenvalue weighted by molar-refractivity contribution is 14.1. The second-order valence-corrected chi connectivity index (χ2v) is 5.98. The van der Waals surface area contributed by atoms with E-state index in [2.05, 4.69) is 22.6 Å². The Labute approximate surface area is 143 Å². The van der Waals surface area contributed by atoms with Crippen LogP contribution in [0.3, 0.4) is 0 Å². The summed E-state index contributed by atoms with van der Waals surface area (Å²) in [5, 5.41) is 0. The van der Waals surface area contributed by atoms with Gasteiger partial charge >= 0.3 is 11.9 Å². The second kappa shape index (κ2) is 8.26. The van der Waals surface area contributed by atoms with Crippen molar-refractivity contribution in [2.45, 2.75) is 25.2 Å². The number of esters is 2. The summed E-state index contributed by atoms with van der Waals surface area (Å²) in [6.45, 7) is 1.44. The van der Waals surface area contributed by atoms with E-state index < -0.39 is 17.4 Å². The zero-order valence-corrected chi connectivity index (χ0v) is 15.0. The number of ketones is 1. The molecule has 0 radical (unpaired) electrons. The molecule has 0 saturated heterocycles. The van der Waals surface area contributed by atoms with Gasteiger partial charge in [-0.3, -0.25) is 14.4 Å². The molecule has 0 aromatic heterocycles. The fraction of sp³-hybridized carbons (Fsp3) is 0.438. The number of carbonyl (C=O) groups is 3. The van der Waals surface area contributed by atoms with Gasteiger partial charge in [-0.2, -0.15) is 0 Å². The average Bonchev–Trinajstić information content (AvgIpc) is 2.57. The summed E-state index contributed by atoms with van der Waals surface area (Å²) in [5.74, 6) is -1.37. The van der Waals surface area contributed by atoms with E-state index in [1.807, 2.05) is 0 Å². The topological polar surface area (TPSA) is 69.7 Å². The van der Waals surface area contributed by atoms with Crippen molar-refractivity contribution in [2.75, 3.05) is 18.6 Å². The molecular formula is C16H19IO5. The number of Topliss-reactive ketones (excluding diaryl/α,β-unsaturated/α-hetero) is 1. The van der Waals surface area contributed by atoms with Gasteiger partial charge in [0.1, 0.15) is 0 Å².